The fraction of sp³-hybridized carbons (Fsp3) is 0.188. The molecule has 1 N–H and O–H groups in total. The fourth-order valence-electron chi connectivity index (χ4n) is 1.76. The van der Waals surface area contributed by atoms with Crippen LogP contribution < -0.4 is 10.1 Å². The third-order valence-electron chi connectivity index (χ3n) is 2.90. The standard InChI is InChI=1S/C16H15Cl2NO2/c1-10-3-6-15(14(18)7-10)19-16(20)9-21-12-4-5-13(17)11(2)8-12/h3-8H,9H2,1-2H3,(H,19,20). The Morgan fingerprint density at radius 1 is 1.10 bits per heavy atom. The van der Waals surface area contributed by atoms with Crippen LogP contribution >= 0.6 is 23.2 Å². The lowest BCUT2D eigenvalue weighted by Crippen LogP contribution is -2.20. The van der Waals surface area contributed by atoms with E-state index >= 15 is 0 Å². The lowest BCUT2D eigenvalue weighted by molar-refractivity contribution is -0.118. The molecule has 0 saturated heterocycles. The summed E-state index contributed by atoms with van der Waals surface area (Å²) in [5.74, 6) is 0.329. The molecule has 110 valence electrons. The van der Waals surface area contributed by atoms with E-state index in [0.717, 1.165) is 11.1 Å². The first-order valence-corrected chi connectivity index (χ1v) is 7.16. The van der Waals surface area contributed by atoms with E-state index in [1.807, 2.05) is 19.9 Å². The summed E-state index contributed by atoms with van der Waals surface area (Å²) in [4.78, 5) is 11.9. The second kappa shape index (κ2) is 6.83. The average Bonchev–Trinajstić information content (AvgIpc) is 2.43. The van der Waals surface area contributed by atoms with Crippen LogP contribution in [0.15, 0.2) is 36.4 Å². The van der Waals surface area contributed by atoms with Gasteiger partial charge in [0.15, 0.2) is 6.61 Å². The first kappa shape index (κ1) is 15.7. The summed E-state index contributed by atoms with van der Waals surface area (Å²) in [6.07, 6.45) is 0. The zero-order chi connectivity index (χ0) is 15.4. The van der Waals surface area contributed by atoms with Gasteiger partial charge in [0, 0.05) is 5.02 Å². The van der Waals surface area contributed by atoms with Crippen LogP contribution in [0.5, 0.6) is 5.75 Å². The number of benzene rings is 2. The first-order chi connectivity index (χ1) is 9.95. The zero-order valence-electron chi connectivity index (χ0n) is 11.7. The number of rotatable bonds is 4. The molecule has 0 aliphatic heterocycles. The smallest absolute Gasteiger partial charge is 0.262 e. The summed E-state index contributed by atoms with van der Waals surface area (Å²) in [5, 5.41) is 3.88. The molecule has 0 spiro atoms. The minimum atomic E-state index is -0.270. The predicted molar refractivity (Wildman–Crippen MR) is 86.5 cm³/mol. The molecule has 5 heteroatoms. The monoisotopic (exact) mass is 323 g/mol. The Kier molecular flexibility index (Phi) is 5.10. The number of carbonyl (C=O) groups is 1. The van der Waals surface area contributed by atoms with Crippen molar-refractivity contribution in [1.29, 1.82) is 0 Å². The van der Waals surface area contributed by atoms with Crippen LogP contribution in [0.25, 0.3) is 0 Å². The van der Waals surface area contributed by atoms with Gasteiger partial charge in [-0.2, -0.15) is 0 Å². The van der Waals surface area contributed by atoms with E-state index in [1.54, 1.807) is 30.3 Å². The molecule has 0 bridgehead atoms. The van der Waals surface area contributed by atoms with E-state index in [0.29, 0.717) is 21.5 Å². The number of halogens is 2. The molecule has 2 rings (SSSR count). The minimum Gasteiger partial charge on any atom is -0.484 e. The molecule has 0 saturated carbocycles. The number of amides is 1. The van der Waals surface area contributed by atoms with Crippen molar-refractivity contribution >= 4 is 34.8 Å². The van der Waals surface area contributed by atoms with Gasteiger partial charge in [0.2, 0.25) is 0 Å². The largest absolute Gasteiger partial charge is 0.484 e. The molecule has 21 heavy (non-hydrogen) atoms. The van der Waals surface area contributed by atoms with Crippen molar-refractivity contribution in [3.63, 3.8) is 0 Å². The summed E-state index contributed by atoms with van der Waals surface area (Å²) in [5.41, 5.74) is 2.50. The molecule has 3 nitrogen and oxygen atoms in total. The molecule has 0 aliphatic rings. The quantitative estimate of drug-likeness (QED) is 0.890. The van der Waals surface area contributed by atoms with E-state index in [1.165, 1.54) is 0 Å². The molecule has 2 aromatic rings. The van der Waals surface area contributed by atoms with E-state index < -0.39 is 0 Å². The second-order valence-electron chi connectivity index (χ2n) is 4.73. The lowest BCUT2D eigenvalue weighted by Gasteiger charge is -2.10. The molecular weight excluding hydrogens is 309 g/mol. The Balaban J connectivity index is 1.94. The Morgan fingerprint density at radius 3 is 2.52 bits per heavy atom. The van der Waals surface area contributed by atoms with Crippen molar-refractivity contribution < 1.29 is 9.53 Å². The van der Waals surface area contributed by atoms with Gasteiger partial charge in [-0.25, -0.2) is 0 Å². The highest BCUT2D eigenvalue weighted by Crippen LogP contribution is 2.23. The Hall–Kier alpha value is -1.71. The molecule has 2 aromatic carbocycles. The van der Waals surface area contributed by atoms with Crippen LogP contribution in [0.2, 0.25) is 10.0 Å². The van der Waals surface area contributed by atoms with E-state index in [4.69, 9.17) is 27.9 Å². The second-order valence-corrected chi connectivity index (χ2v) is 5.55. The number of nitrogens with one attached hydrogen (secondary N) is 1. The van der Waals surface area contributed by atoms with Gasteiger partial charge in [-0.15, -0.1) is 0 Å². The van der Waals surface area contributed by atoms with Crippen LogP contribution in [0, 0.1) is 13.8 Å². The Bertz CT molecular complexity index is 671. The number of anilines is 1. The first-order valence-electron chi connectivity index (χ1n) is 6.40. The third kappa shape index (κ3) is 4.38. The Labute approximate surface area is 133 Å². The predicted octanol–water partition coefficient (Wildman–Crippen LogP) is 4.63. The van der Waals surface area contributed by atoms with E-state index in [-0.39, 0.29) is 12.5 Å². The van der Waals surface area contributed by atoms with Crippen molar-refractivity contribution in [2.45, 2.75) is 13.8 Å². The molecule has 0 radical (unpaired) electrons. The number of hydrogen-bond donors (Lipinski definition) is 1. The maximum atomic E-state index is 11.9. The van der Waals surface area contributed by atoms with Gasteiger partial charge in [0.05, 0.1) is 10.7 Å². The average molecular weight is 324 g/mol. The number of aryl methyl sites for hydroxylation is 2. The molecule has 0 heterocycles. The number of hydrogen-bond acceptors (Lipinski definition) is 2. The van der Waals surface area contributed by atoms with Crippen LogP contribution in [0.4, 0.5) is 5.69 Å². The van der Waals surface area contributed by atoms with Crippen molar-refractivity contribution in [3.05, 3.63) is 57.6 Å². The molecule has 0 unspecified atom stereocenters. The molecule has 1 amide bonds. The summed E-state index contributed by atoms with van der Waals surface area (Å²) >= 11 is 12.0. The molecule has 0 aromatic heterocycles. The maximum absolute atomic E-state index is 11.9. The molecule has 0 atom stereocenters. The van der Waals surface area contributed by atoms with Gasteiger partial charge in [-0.05, 0) is 55.3 Å². The third-order valence-corrected chi connectivity index (χ3v) is 3.63. The van der Waals surface area contributed by atoms with Gasteiger partial charge in [-0.1, -0.05) is 29.3 Å². The normalized spacial score (nSPS) is 10.3. The molecular formula is C16H15Cl2NO2. The van der Waals surface area contributed by atoms with E-state index in [9.17, 15) is 4.79 Å². The molecule has 0 aliphatic carbocycles. The van der Waals surface area contributed by atoms with Crippen molar-refractivity contribution in [2.75, 3.05) is 11.9 Å². The summed E-state index contributed by atoms with van der Waals surface area (Å²) in [7, 11) is 0. The van der Waals surface area contributed by atoms with E-state index in [2.05, 4.69) is 5.32 Å². The van der Waals surface area contributed by atoms with Crippen LogP contribution in [0.3, 0.4) is 0 Å². The lowest BCUT2D eigenvalue weighted by atomic mass is 10.2. The van der Waals surface area contributed by atoms with Crippen molar-refractivity contribution in [3.8, 4) is 5.75 Å². The maximum Gasteiger partial charge on any atom is 0.262 e. The highest BCUT2D eigenvalue weighted by atomic mass is 35.5. The summed E-state index contributed by atoms with van der Waals surface area (Å²) < 4.78 is 5.43. The van der Waals surface area contributed by atoms with Gasteiger partial charge in [-0.3, -0.25) is 4.79 Å². The van der Waals surface area contributed by atoms with Crippen molar-refractivity contribution in [2.24, 2.45) is 0 Å². The van der Waals surface area contributed by atoms with Gasteiger partial charge in [0.1, 0.15) is 5.75 Å². The van der Waals surface area contributed by atoms with Crippen LogP contribution in [0.1, 0.15) is 11.1 Å². The number of ether oxygens (including phenoxy) is 1. The fourth-order valence-corrected chi connectivity index (χ4v) is 2.16. The number of carbonyl (C=O) groups excluding carboxylic acids is 1. The minimum absolute atomic E-state index is 0.0920. The molecule has 0 fully saturated rings. The topological polar surface area (TPSA) is 38.3 Å². The SMILES string of the molecule is Cc1ccc(NC(=O)COc2ccc(Cl)c(C)c2)c(Cl)c1. The highest BCUT2D eigenvalue weighted by molar-refractivity contribution is 6.33. The van der Waals surface area contributed by atoms with Crippen LogP contribution in [-0.4, -0.2) is 12.5 Å². The van der Waals surface area contributed by atoms with Crippen molar-refractivity contribution in [1.82, 2.24) is 0 Å². The van der Waals surface area contributed by atoms with Crippen LogP contribution in [-0.2, 0) is 4.79 Å². The Morgan fingerprint density at radius 2 is 1.86 bits per heavy atom. The highest BCUT2D eigenvalue weighted by Gasteiger charge is 2.07. The zero-order valence-corrected chi connectivity index (χ0v) is 13.3. The van der Waals surface area contributed by atoms with Gasteiger partial charge >= 0.3 is 0 Å². The summed E-state index contributed by atoms with van der Waals surface area (Å²) in [6.45, 7) is 3.72. The summed E-state index contributed by atoms with van der Waals surface area (Å²) in [6, 6.07) is 10.7. The van der Waals surface area contributed by atoms with Gasteiger partial charge in [0.25, 0.3) is 5.91 Å². The van der Waals surface area contributed by atoms with Gasteiger partial charge < -0.3 is 10.1 Å².